The van der Waals surface area contributed by atoms with Crippen molar-refractivity contribution in [3.63, 3.8) is 0 Å². The van der Waals surface area contributed by atoms with Gasteiger partial charge in [-0.3, -0.25) is 9.97 Å². The van der Waals surface area contributed by atoms with Gasteiger partial charge in [0.25, 0.3) is 0 Å². The molecule has 0 saturated carbocycles. The molecule has 0 atom stereocenters. The maximum absolute atomic E-state index is 4.25. The Labute approximate surface area is 113 Å². The third-order valence-corrected chi connectivity index (χ3v) is 2.48. The van der Waals surface area contributed by atoms with E-state index in [-0.39, 0.29) is 0 Å². The molecule has 0 aliphatic heterocycles. The van der Waals surface area contributed by atoms with Gasteiger partial charge in [0.1, 0.15) is 0 Å². The van der Waals surface area contributed by atoms with Crippen LogP contribution in [0.25, 0.3) is 6.08 Å². The Hall–Kier alpha value is -2.48. The van der Waals surface area contributed by atoms with Crippen molar-refractivity contribution in [1.29, 1.82) is 0 Å². The lowest BCUT2D eigenvalue weighted by molar-refractivity contribution is 1.11. The Morgan fingerprint density at radius 1 is 0.789 bits per heavy atom. The van der Waals surface area contributed by atoms with Crippen molar-refractivity contribution in [1.82, 2.24) is 9.97 Å². The fourth-order valence-corrected chi connectivity index (χ4v) is 1.54. The van der Waals surface area contributed by atoms with Crippen molar-refractivity contribution in [2.45, 2.75) is 6.42 Å². The standard InChI is InChI=1S/C17H16N2/c1(2-4-10-16-12-6-8-14-18-16)3-5-11-17-13-7-9-15-19-17/h1-10,12-15H,11H2/b2-1+,5-3+,10-4+. The molecule has 0 aliphatic rings. The number of allylic oxidation sites excluding steroid dienone is 5. The van der Waals surface area contributed by atoms with Gasteiger partial charge in [-0.1, -0.05) is 42.5 Å². The number of nitrogens with zero attached hydrogens (tertiary/aromatic N) is 2. The summed E-state index contributed by atoms with van der Waals surface area (Å²) in [6, 6.07) is 11.8. The van der Waals surface area contributed by atoms with Gasteiger partial charge in [-0.25, -0.2) is 0 Å². The van der Waals surface area contributed by atoms with Gasteiger partial charge in [0.05, 0.1) is 5.69 Å². The highest BCUT2D eigenvalue weighted by atomic mass is 14.7. The Balaban J connectivity index is 1.76. The van der Waals surface area contributed by atoms with E-state index >= 15 is 0 Å². The third kappa shape index (κ3) is 5.13. The van der Waals surface area contributed by atoms with Gasteiger partial charge in [-0.2, -0.15) is 0 Å². The molecule has 2 aromatic heterocycles. The zero-order valence-corrected chi connectivity index (χ0v) is 10.7. The molecule has 0 saturated heterocycles. The SMILES string of the molecule is C(=C\C=C\c1ccccn1)/C=C/Cc1ccccn1. The van der Waals surface area contributed by atoms with Crippen molar-refractivity contribution in [2.75, 3.05) is 0 Å². The van der Waals surface area contributed by atoms with E-state index in [1.165, 1.54) is 0 Å². The molecule has 0 radical (unpaired) electrons. The molecule has 0 unspecified atom stereocenters. The summed E-state index contributed by atoms with van der Waals surface area (Å²) in [5.41, 5.74) is 2.04. The maximum atomic E-state index is 4.25. The van der Waals surface area contributed by atoms with Crippen LogP contribution in [0, 0.1) is 0 Å². The minimum absolute atomic E-state index is 0.856. The van der Waals surface area contributed by atoms with Crippen LogP contribution < -0.4 is 0 Å². The number of aromatic nitrogens is 2. The Morgan fingerprint density at radius 3 is 2.32 bits per heavy atom. The molecule has 2 heterocycles. The van der Waals surface area contributed by atoms with E-state index in [1.807, 2.05) is 73.0 Å². The monoisotopic (exact) mass is 248 g/mol. The van der Waals surface area contributed by atoms with Gasteiger partial charge < -0.3 is 0 Å². The van der Waals surface area contributed by atoms with E-state index in [0.29, 0.717) is 0 Å². The van der Waals surface area contributed by atoms with Crippen LogP contribution in [0.3, 0.4) is 0 Å². The lowest BCUT2D eigenvalue weighted by atomic mass is 10.2. The highest BCUT2D eigenvalue weighted by molar-refractivity contribution is 5.46. The topological polar surface area (TPSA) is 25.8 Å². The van der Waals surface area contributed by atoms with Gasteiger partial charge in [0.2, 0.25) is 0 Å². The van der Waals surface area contributed by atoms with Crippen LogP contribution in [0.15, 0.2) is 79.2 Å². The van der Waals surface area contributed by atoms with Crippen LogP contribution in [-0.4, -0.2) is 9.97 Å². The molecule has 0 fully saturated rings. The maximum Gasteiger partial charge on any atom is 0.0629 e. The number of hydrogen-bond acceptors (Lipinski definition) is 2. The molecule has 0 amide bonds. The highest BCUT2D eigenvalue weighted by Crippen LogP contribution is 1.97. The molecule has 2 heteroatoms. The van der Waals surface area contributed by atoms with E-state index in [1.54, 1.807) is 6.20 Å². The Kier molecular flexibility index (Phi) is 5.30. The summed E-state index contributed by atoms with van der Waals surface area (Å²) in [5.74, 6) is 0. The first-order chi connectivity index (χ1) is 9.45. The van der Waals surface area contributed by atoms with Gasteiger partial charge in [-0.05, 0) is 30.3 Å². The molecular formula is C17H16N2. The molecule has 0 N–H and O–H groups in total. The van der Waals surface area contributed by atoms with Crippen molar-refractivity contribution < 1.29 is 0 Å². The second-order valence-electron chi connectivity index (χ2n) is 3.95. The predicted molar refractivity (Wildman–Crippen MR) is 79.5 cm³/mol. The van der Waals surface area contributed by atoms with Crippen LogP contribution in [-0.2, 0) is 6.42 Å². The third-order valence-electron chi connectivity index (χ3n) is 2.48. The molecule has 2 aromatic rings. The van der Waals surface area contributed by atoms with Crippen molar-refractivity contribution in [2.24, 2.45) is 0 Å². The fraction of sp³-hybridized carbons (Fsp3) is 0.0588. The van der Waals surface area contributed by atoms with E-state index in [2.05, 4.69) is 16.0 Å². The number of rotatable bonds is 5. The van der Waals surface area contributed by atoms with Crippen LogP contribution in [0.5, 0.6) is 0 Å². The van der Waals surface area contributed by atoms with E-state index in [9.17, 15) is 0 Å². The normalized spacial score (nSPS) is 11.8. The van der Waals surface area contributed by atoms with Crippen LogP contribution in [0.4, 0.5) is 0 Å². The lowest BCUT2D eigenvalue weighted by Gasteiger charge is -1.91. The molecule has 0 aliphatic carbocycles. The smallest absolute Gasteiger partial charge is 0.0629 e. The van der Waals surface area contributed by atoms with Crippen LogP contribution in [0.2, 0.25) is 0 Å². The quantitative estimate of drug-likeness (QED) is 0.751. The summed E-state index contributed by atoms with van der Waals surface area (Å²) >= 11 is 0. The Morgan fingerprint density at radius 2 is 1.58 bits per heavy atom. The molecule has 2 rings (SSSR count). The van der Waals surface area contributed by atoms with Gasteiger partial charge >= 0.3 is 0 Å². The zero-order chi connectivity index (χ0) is 13.2. The molecule has 0 bridgehead atoms. The predicted octanol–water partition coefficient (Wildman–Crippen LogP) is 3.84. The molecule has 0 spiro atoms. The largest absolute Gasteiger partial charge is 0.261 e. The summed E-state index contributed by atoms with van der Waals surface area (Å²) in [6.07, 6.45) is 16.5. The van der Waals surface area contributed by atoms with Gasteiger partial charge in [0.15, 0.2) is 0 Å². The minimum atomic E-state index is 0.856. The summed E-state index contributed by atoms with van der Waals surface area (Å²) < 4.78 is 0. The number of pyridine rings is 2. The molecule has 0 aromatic carbocycles. The van der Waals surface area contributed by atoms with Gasteiger partial charge in [0, 0.05) is 24.5 Å². The second-order valence-corrected chi connectivity index (χ2v) is 3.95. The summed E-state index contributed by atoms with van der Waals surface area (Å²) in [5, 5.41) is 0. The van der Waals surface area contributed by atoms with Crippen molar-refractivity contribution in [3.05, 3.63) is 90.6 Å². The summed E-state index contributed by atoms with van der Waals surface area (Å²) in [6.45, 7) is 0. The van der Waals surface area contributed by atoms with Crippen molar-refractivity contribution in [3.8, 4) is 0 Å². The lowest BCUT2D eigenvalue weighted by Crippen LogP contribution is -1.83. The Bertz CT molecular complexity index is 554. The van der Waals surface area contributed by atoms with Crippen LogP contribution >= 0.6 is 0 Å². The minimum Gasteiger partial charge on any atom is -0.261 e. The van der Waals surface area contributed by atoms with Crippen molar-refractivity contribution >= 4 is 6.08 Å². The first kappa shape index (κ1) is 13.0. The molecular weight excluding hydrogens is 232 g/mol. The summed E-state index contributed by atoms with van der Waals surface area (Å²) in [4.78, 5) is 8.46. The average Bonchev–Trinajstić information content (AvgIpc) is 2.48. The first-order valence-electron chi connectivity index (χ1n) is 6.26. The molecule has 94 valence electrons. The molecule has 2 nitrogen and oxygen atoms in total. The van der Waals surface area contributed by atoms with Gasteiger partial charge in [-0.15, -0.1) is 0 Å². The first-order valence-corrected chi connectivity index (χ1v) is 6.26. The van der Waals surface area contributed by atoms with E-state index in [4.69, 9.17) is 0 Å². The van der Waals surface area contributed by atoms with E-state index in [0.717, 1.165) is 17.8 Å². The zero-order valence-electron chi connectivity index (χ0n) is 10.7. The summed E-state index contributed by atoms with van der Waals surface area (Å²) in [7, 11) is 0. The average molecular weight is 248 g/mol. The second kappa shape index (κ2) is 7.77. The number of hydrogen-bond donors (Lipinski definition) is 0. The highest BCUT2D eigenvalue weighted by Gasteiger charge is 1.85. The fourth-order valence-electron chi connectivity index (χ4n) is 1.54. The van der Waals surface area contributed by atoms with Crippen LogP contribution in [0.1, 0.15) is 11.4 Å². The van der Waals surface area contributed by atoms with E-state index < -0.39 is 0 Å². The molecule has 19 heavy (non-hydrogen) atoms.